The van der Waals surface area contributed by atoms with Crippen molar-refractivity contribution in [3.8, 4) is 0 Å². The molecule has 0 fully saturated rings. The van der Waals surface area contributed by atoms with Crippen molar-refractivity contribution >= 4 is 31.9 Å². The van der Waals surface area contributed by atoms with E-state index in [1.54, 1.807) is 0 Å². The predicted molar refractivity (Wildman–Crippen MR) is 74.2 cm³/mol. The molecule has 9 heteroatoms. The maximum Gasteiger partial charge on any atom is 0.336 e. The van der Waals surface area contributed by atoms with Crippen molar-refractivity contribution in [2.24, 2.45) is 0 Å². The molecule has 1 unspecified atom stereocenters. The Kier molecular flexibility index (Phi) is 6.08. The minimum Gasteiger partial charge on any atom is -0.478 e. The number of carbonyl (C=O) groups is 1. The number of sulfonamides is 1. The number of hydrogen-bond donors (Lipinski definition) is 3. The lowest BCUT2D eigenvalue weighted by Gasteiger charge is -2.12. The van der Waals surface area contributed by atoms with Crippen LogP contribution in [-0.4, -0.2) is 51.0 Å². The third-order valence-electron chi connectivity index (χ3n) is 2.35. The Morgan fingerprint density at radius 3 is 2.70 bits per heavy atom. The number of aromatic carboxylic acids is 1. The van der Waals surface area contributed by atoms with Crippen LogP contribution in [0.25, 0.3) is 0 Å². The molecule has 20 heavy (non-hydrogen) atoms. The van der Waals surface area contributed by atoms with E-state index in [4.69, 9.17) is 5.11 Å². The van der Waals surface area contributed by atoms with Crippen LogP contribution in [-0.2, 0) is 14.8 Å². The molecule has 0 aromatic heterocycles. The third-order valence-corrected chi connectivity index (χ3v) is 4.46. The Balaban J connectivity index is 2.93. The maximum atomic E-state index is 12.0. The van der Waals surface area contributed by atoms with Gasteiger partial charge in [-0.2, -0.15) is 0 Å². The number of methoxy groups -OCH3 is 1. The fourth-order valence-corrected chi connectivity index (χ4v) is 2.89. The van der Waals surface area contributed by atoms with E-state index in [2.05, 4.69) is 25.4 Å². The van der Waals surface area contributed by atoms with Crippen molar-refractivity contribution in [3.63, 3.8) is 0 Å². The lowest BCUT2D eigenvalue weighted by atomic mass is 10.2. The summed E-state index contributed by atoms with van der Waals surface area (Å²) in [7, 11) is -2.52. The van der Waals surface area contributed by atoms with Gasteiger partial charge in [-0.25, -0.2) is 17.9 Å². The van der Waals surface area contributed by atoms with E-state index in [1.165, 1.54) is 19.2 Å². The second-order valence-electron chi connectivity index (χ2n) is 3.91. The number of aliphatic hydroxyl groups excluding tert-OH is 1. The third kappa shape index (κ3) is 4.53. The maximum absolute atomic E-state index is 12.0. The highest BCUT2D eigenvalue weighted by atomic mass is 79.9. The van der Waals surface area contributed by atoms with Crippen molar-refractivity contribution in [3.05, 3.63) is 28.2 Å². The molecule has 0 radical (unpaired) electrons. The van der Waals surface area contributed by atoms with Crippen molar-refractivity contribution in [1.29, 1.82) is 0 Å². The molecule has 0 bridgehead atoms. The van der Waals surface area contributed by atoms with Gasteiger partial charge in [0.1, 0.15) is 0 Å². The van der Waals surface area contributed by atoms with Crippen LogP contribution in [0.3, 0.4) is 0 Å². The predicted octanol–water partition coefficient (Wildman–Crippen LogP) is 0.433. The van der Waals surface area contributed by atoms with Crippen LogP contribution < -0.4 is 4.72 Å². The fraction of sp³-hybridized carbons (Fsp3) is 0.364. The van der Waals surface area contributed by atoms with Crippen LogP contribution in [0.15, 0.2) is 27.6 Å². The summed E-state index contributed by atoms with van der Waals surface area (Å²) in [6.45, 7) is -0.238. The minimum atomic E-state index is -3.90. The van der Waals surface area contributed by atoms with E-state index >= 15 is 0 Å². The minimum absolute atomic E-state index is 0.0107. The highest BCUT2D eigenvalue weighted by Gasteiger charge is 2.19. The molecular weight excluding hydrogens is 354 g/mol. The first-order valence-electron chi connectivity index (χ1n) is 5.47. The molecule has 7 nitrogen and oxygen atoms in total. The highest BCUT2D eigenvalue weighted by molar-refractivity contribution is 9.10. The second kappa shape index (κ2) is 7.14. The van der Waals surface area contributed by atoms with Crippen molar-refractivity contribution < 1.29 is 28.2 Å². The first-order chi connectivity index (χ1) is 9.27. The van der Waals surface area contributed by atoms with Crippen molar-refractivity contribution in [2.45, 2.75) is 11.0 Å². The van der Waals surface area contributed by atoms with Gasteiger partial charge in [0.2, 0.25) is 10.0 Å². The molecule has 3 N–H and O–H groups in total. The Labute approximate surface area is 124 Å². The van der Waals surface area contributed by atoms with Crippen LogP contribution in [0.1, 0.15) is 10.4 Å². The monoisotopic (exact) mass is 367 g/mol. The van der Waals surface area contributed by atoms with Crippen LogP contribution in [0.4, 0.5) is 0 Å². The Bertz CT molecular complexity index is 589. The first kappa shape index (κ1) is 17.1. The standard InChI is InChI=1S/C11H14BrNO6S/c1-19-6-7(14)5-13-20(17,18)8-2-3-10(12)9(4-8)11(15)16/h2-4,7,13-14H,5-6H2,1H3,(H,15,16). The molecule has 0 saturated heterocycles. The van der Waals surface area contributed by atoms with E-state index in [0.29, 0.717) is 0 Å². The average molecular weight is 368 g/mol. The number of nitrogens with one attached hydrogen (secondary N) is 1. The zero-order valence-corrected chi connectivity index (χ0v) is 12.9. The van der Waals surface area contributed by atoms with Crippen molar-refractivity contribution in [2.75, 3.05) is 20.3 Å². The molecule has 112 valence electrons. The number of ether oxygens (including phenoxy) is 1. The van der Waals surface area contributed by atoms with E-state index in [0.717, 1.165) is 6.07 Å². The SMILES string of the molecule is COCC(O)CNS(=O)(=O)c1ccc(Br)c(C(=O)O)c1. The average Bonchev–Trinajstić information content (AvgIpc) is 2.37. The molecule has 1 atom stereocenters. The molecule has 0 saturated carbocycles. The second-order valence-corrected chi connectivity index (χ2v) is 6.53. The quantitative estimate of drug-likeness (QED) is 0.644. The number of rotatable bonds is 7. The summed E-state index contributed by atoms with van der Waals surface area (Å²) in [4.78, 5) is 10.8. The van der Waals surface area contributed by atoms with Gasteiger partial charge < -0.3 is 14.9 Å². The molecule has 0 aliphatic rings. The fourth-order valence-electron chi connectivity index (χ4n) is 1.38. The van der Waals surface area contributed by atoms with Crippen LogP contribution in [0, 0.1) is 0 Å². The number of carboxylic acids is 1. The molecule has 1 aromatic rings. The number of aliphatic hydroxyl groups is 1. The lowest BCUT2D eigenvalue weighted by molar-refractivity contribution is 0.0678. The zero-order valence-electron chi connectivity index (χ0n) is 10.5. The number of halogens is 1. The Morgan fingerprint density at radius 1 is 1.50 bits per heavy atom. The van der Waals surface area contributed by atoms with Gasteiger partial charge in [0.15, 0.2) is 0 Å². The van der Waals surface area contributed by atoms with Gasteiger partial charge >= 0.3 is 5.97 Å². The summed E-state index contributed by atoms with van der Waals surface area (Å²) in [6, 6.07) is 3.64. The Morgan fingerprint density at radius 2 is 2.15 bits per heavy atom. The molecule has 0 aliphatic carbocycles. The lowest BCUT2D eigenvalue weighted by Crippen LogP contribution is -2.34. The zero-order chi connectivity index (χ0) is 15.3. The van der Waals surface area contributed by atoms with Gasteiger partial charge in [0.25, 0.3) is 0 Å². The molecule has 0 amide bonds. The van der Waals surface area contributed by atoms with Gasteiger partial charge in [-0.05, 0) is 34.1 Å². The normalized spacial score (nSPS) is 13.2. The van der Waals surface area contributed by atoms with Gasteiger partial charge in [0, 0.05) is 18.1 Å². The van der Waals surface area contributed by atoms with Gasteiger partial charge in [-0.3, -0.25) is 0 Å². The van der Waals surface area contributed by atoms with Gasteiger partial charge in [-0.15, -0.1) is 0 Å². The largest absolute Gasteiger partial charge is 0.478 e. The number of hydrogen-bond acceptors (Lipinski definition) is 5. The first-order valence-corrected chi connectivity index (χ1v) is 7.75. The smallest absolute Gasteiger partial charge is 0.336 e. The Hall–Kier alpha value is -1.00. The summed E-state index contributed by atoms with van der Waals surface area (Å²) in [5.74, 6) is -1.24. The summed E-state index contributed by atoms with van der Waals surface area (Å²) < 4.78 is 31.0. The number of carboxylic acid groups (broad SMARTS) is 1. The van der Waals surface area contributed by atoms with E-state index in [-0.39, 0.29) is 28.1 Å². The summed E-state index contributed by atoms with van der Waals surface area (Å²) >= 11 is 3.03. The van der Waals surface area contributed by atoms with Gasteiger partial charge in [-0.1, -0.05) is 0 Å². The summed E-state index contributed by atoms with van der Waals surface area (Å²) in [6.07, 6.45) is -0.982. The molecule has 0 heterocycles. The van der Waals surface area contributed by atoms with Crippen LogP contribution in [0.5, 0.6) is 0 Å². The molecule has 1 aromatic carbocycles. The summed E-state index contributed by atoms with van der Waals surface area (Å²) in [5, 5.41) is 18.3. The van der Waals surface area contributed by atoms with E-state index < -0.39 is 22.1 Å². The summed E-state index contributed by atoms with van der Waals surface area (Å²) in [5.41, 5.74) is -0.162. The van der Waals surface area contributed by atoms with Gasteiger partial charge in [0.05, 0.1) is 23.2 Å². The van der Waals surface area contributed by atoms with Crippen LogP contribution in [0.2, 0.25) is 0 Å². The topological polar surface area (TPSA) is 113 Å². The molecule has 1 rings (SSSR count). The van der Waals surface area contributed by atoms with E-state index in [9.17, 15) is 18.3 Å². The molecule has 0 aliphatic heterocycles. The van der Waals surface area contributed by atoms with E-state index in [1.807, 2.05) is 0 Å². The molecule has 0 spiro atoms. The molecular formula is C11H14BrNO6S. The number of benzene rings is 1. The van der Waals surface area contributed by atoms with Crippen molar-refractivity contribution in [1.82, 2.24) is 4.72 Å². The van der Waals surface area contributed by atoms with Crippen LogP contribution >= 0.6 is 15.9 Å². The highest BCUT2D eigenvalue weighted by Crippen LogP contribution is 2.21.